The molecule has 2 fully saturated rings. The van der Waals surface area contributed by atoms with E-state index in [4.69, 9.17) is 11.6 Å². The monoisotopic (exact) mass is 292 g/mol. The molecule has 1 heterocycles. The first-order valence-corrected chi connectivity index (χ1v) is 7.91. The van der Waals surface area contributed by atoms with Crippen LogP contribution in [0.15, 0.2) is 24.3 Å². The minimum Gasteiger partial charge on any atom is -0.324 e. The van der Waals surface area contributed by atoms with E-state index in [-0.39, 0.29) is 6.03 Å². The number of likely N-dealkylation sites (tertiary alicyclic amines) is 1. The number of urea groups is 1. The van der Waals surface area contributed by atoms with Gasteiger partial charge in [-0.2, -0.15) is 0 Å². The Kier molecular flexibility index (Phi) is 4.16. The molecule has 1 saturated carbocycles. The van der Waals surface area contributed by atoms with Crippen LogP contribution in [-0.4, -0.2) is 24.0 Å². The molecule has 0 unspecified atom stereocenters. The summed E-state index contributed by atoms with van der Waals surface area (Å²) in [5.41, 5.74) is 0.772. The van der Waals surface area contributed by atoms with Crippen LogP contribution in [0.2, 0.25) is 5.02 Å². The number of carbonyl (C=O) groups is 1. The van der Waals surface area contributed by atoms with Crippen LogP contribution < -0.4 is 5.32 Å². The van der Waals surface area contributed by atoms with E-state index >= 15 is 0 Å². The summed E-state index contributed by atoms with van der Waals surface area (Å²) in [6, 6.07) is 7.33. The second kappa shape index (κ2) is 6.04. The van der Waals surface area contributed by atoms with Gasteiger partial charge in [0.25, 0.3) is 0 Å². The molecule has 3 nitrogen and oxygen atoms in total. The van der Waals surface area contributed by atoms with Gasteiger partial charge in [-0.1, -0.05) is 36.9 Å². The van der Waals surface area contributed by atoms with E-state index < -0.39 is 0 Å². The molecule has 1 N–H and O–H groups in total. The number of benzene rings is 1. The minimum absolute atomic E-state index is 0.0105. The van der Waals surface area contributed by atoms with Gasteiger partial charge in [0.15, 0.2) is 0 Å². The molecule has 3 rings (SSSR count). The van der Waals surface area contributed by atoms with Crippen molar-refractivity contribution < 1.29 is 4.79 Å². The van der Waals surface area contributed by atoms with Crippen molar-refractivity contribution in [2.45, 2.75) is 32.1 Å². The number of carbonyl (C=O) groups excluding carboxylic acids is 1. The molecule has 1 saturated heterocycles. The molecule has 2 atom stereocenters. The first-order chi connectivity index (χ1) is 9.72. The molecule has 0 aromatic heterocycles. The van der Waals surface area contributed by atoms with Crippen molar-refractivity contribution >= 4 is 23.3 Å². The van der Waals surface area contributed by atoms with Crippen LogP contribution in [0.5, 0.6) is 0 Å². The van der Waals surface area contributed by atoms with Crippen LogP contribution in [0.3, 0.4) is 0 Å². The summed E-state index contributed by atoms with van der Waals surface area (Å²) in [6.45, 7) is 1.80. The number of anilines is 1. The van der Waals surface area contributed by atoms with Crippen molar-refractivity contribution in [3.05, 3.63) is 29.3 Å². The molecule has 2 amide bonds. The molecular weight excluding hydrogens is 272 g/mol. The maximum atomic E-state index is 12.3. The Morgan fingerprint density at radius 1 is 1.20 bits per heavy atom. The SMILES string of the molecule is O=C(Nc1cccc(Cl)c1)N1CC[C@@H]2CCCC[C@H]2C1. The van der Waals surface area contributed by atoms with Crippen LogP contribution in [0, 0.1) is 11.8 Å². The molecule has 0 bridgehead atoms. The molecule has 0 radical (unpaired) electrons. The number of hydrogen-bond acceptors (Lipinski definition) is 1. The third-order valence-electron chi connectivity index (χ3n) is 4.65. The molecule has 20 heavy (non-hydrogen) atoms. The van der Waals surface area contributed by atoms with Gasteiger partial charge in [0.05, 0.1) is 0 Å². The van der Waals surface area contributed by atoms with Crippen molar-refractivity contribution in [2.75, 3.05) is 18.4 Å². The molecule has 0 spiro atoms. The molecule has 1 aromatic rings. The van der Waals surface area contributed by atoms with Crippen LogP contribution in [0.4, 0.5) is 10.5 Å². The normalized spacial score (nSPS) is 25.9. The van der Waals surface area contributed by atoms with Gasteiger partial charge >= 0.3 is 6.03 Å². The lowest BCUT2D eigenvalue weighted by Crippen LogP contribution is -2.46. The highest BCUT2D eigenvalue weighted by molar-refractivity contribution is 6.30. The zero-order chi connectivity index (χ0) is 13.9. The molecular formula is C16H21ClN2O. The fraction of sp³-hybridized carbons (Fsp3) is 0.562. The third-order valence-corrected chi connectivity index (χ3v) is 4.89. The highest BCUT2D eigenvalue weighted by Crippen LogP contribution is 2.36. The molecule has 2 aliphatic rings. The third kappa shape index (κ3) is 3.09. The summed E-state index contributed by atoms with van der Waals surface area (Å²) in [6.07, 6.45) is 6.49. The van der Waals surface area contributed by atoms with Gasteiger partial charge in [0, 0.05) is 23.8 Å². The Balaban J connectivity index is 1.60. The van der Waals surface area contributed by atoms with E-state index in [0.29, 0.717) is 10.9 Å². The van der Waals surface area contributed by atoms with Crippen molar-refractivity contribution in [3.63, 3.8) is 0 Å². The fourth-order valence-corrected chi connectivity index (χ4v) is 3.74. The lowest BCUT2D eigenvalue weighted by atomic mass is 9.75. The number of hydrogen-bond donors (Lipinski definition) is 1. The molecule has 1 aromatic carbocycles. The lowest BCUT2D eigenvalue weighted by Gasteiger charge is -2.41. The minimum atomic E-state index is 0.0105. The Bertz CT molecular complexity index is 491. The number of nitrogens with one attached hydrogen (secondary N) is 1. The Hall–Kier alpha value is -1.22. The van der Waals surface area contributed by atoms with Crippen LogP contribution in [0.25, 0.3) is 0 Å². The zero-order valence-electron chi connectivity index (χ0n) is 11.6. The highest BCUT2D eigenvalue weighted by Gasteiger charge is 2.32. The Morgan fingerprint density at radius 3 is 2.80 bits per heavy atom. The quantitative estimate of drug-likeness (QED) is 0.818. The average Bonchev–Trinajstić information content (AvgIpc) is 2.47. The van der Waals surface area contributed by atoms with E-state index in [9.17, 15) is 4.79 Å². The number of nitrogens with zero attached hydrogens (tertiary/aromatic N) is 1. The summed E-state index contributed by atoms with van der Waals surface area (Å²) in [4.78, 5) is 14.3. The smallest absolute Gasteiger partial charge is 0.321 e. The fourth-order valence-electron chi connectivity index (χ4n) is 3.55. The Morgan fingerprint density at radius 2 is 2.00 bits per heavy atom. The predicted octanol–water partition coefficient (Wildman–Crippen LogP) is 4.38. The number of rotatable bonds is 1. The first-order valence-electron chi connectivity index (χ1n) is 7.54. The summed E-state index contributed by atoms with van der Waals surface area (Å²) in [7, 11) is 0. The second-order valence-electron chi connectivity index (χ2n) is 5.98. The Labute approximate surface area is 125 Å². The van der Waals surface area contributed by atoms with Gasteiger partial charge in [0.1, 0.15) is 0 Å². The molecule has 108 valence electrons. The summed E-state index contributed by atoms with van der Waals surface area (Å²) < 4.78 is 0. The predicted molar refractivity (Wildman–Crippen MR) is 82.1 cm³/mol. The number of piperidine rings is 1. The van der Waals surface area contributed by atoms with Gasteiger partial charge in [0.2, 0.25) is 0 Å². The first kappa shape index (κ1) is 13.7. The van der Waals surface area contributed by atoms with Crippen molar-refractivity contribution in [1.82, 2.24) is 4.90 Å². The highest BCUT2D eigenvalue weighted by atomic mass is 35.5. The maximum Gasteiger partial charge on any atom is 0.321 e. The largest absolute Gasteiger partial charge is 0.324 e. The van der Waals surface area contributed by atoms with Gasteiger partial charge in [-0.05, 0) is 42.9 Å². The van der Waals surface area contributed by atoms with E-state index in [1.54, 1.807) is 6.07 Å². The van der Waals surface area contributed by atoms with Crippen LogP contribution >= 0.6 is 11.6 Å². The standard InChI is InChI=1S/C16H21ClN2O/c17-14-6-3-7-15(10-14)18-16(20)19-9-8-12-4-1-2-5-13(12)11-19/h3,6-7,10,12-13H,1-2,4-5,8-9,11H2,(H,18,20)/t12-,13-/m0/s1. The second-order valence-corrected chi connectivity index (χ2v) is 6.42. The maximum absolute atomic E-state index is 12.3. The average molecular weight is 293 g/mol. The zero-order valence-corrected chi connectivity index (χ0v) is 12.4. The number of amides is 2. The van der Waals surface area contributed by atoms with E-state index in [2.05, 4.69) is 5.32 Å². The van der Waals surface area contributed by atoms with Crippen molar-refractivity contribution in [1.29, 1.82) is 0 Å². The van der Waals surface area contributed by atoms with E-state index in [1.165, 1.54) is 25.7 Å². The van der Waals surface area contributed by atoms with E-state index in [0.717, 1.165) is 31.1 Å². The molecule has 1 aliphatic heterocycles. The van der Waals surface area contributed by atoms with Crippen LogP contribution in [-0.2, 0) is 0 Å². The molecule has 4 heteroatoms. The summed E-state index contributed by atoms with van der Waals surface area (Å²) in [5, 5.41) is 3.60. The van der Waals surface area contributed by atoms with Gasteiger partial charge in [-0.25, -0.2) is 4.79 Å². The van der Waals surface area contributed by atoms with Crippen molar-refractivity contribution in [3.8, 4) is 0 Å². The summed E-state index contributed by atoms with van der Waals surface area (Å²) in [5.74, 6) is 1.56. The molecule has 1 aliphatic carbocycles. The van der Waals surface area contributed by atoms with Gasteiger partial charge in [-0.15, -0.1) is 0 Å². The van der Waals surface area contributed by atoms with Crippen LogP contribution in [0.1, 0.15) is 32.1 Å². The van der Waals surface area contributed by atoms with Gasteiger partial charge < -0.3 is 10.2 Å². The number of halogens is 1. The van der Waals surface area contributed by atoms with Gasteiger partial charge in [-0.3, -0.25) is 0 Å². The van der Waals surface area contributed by atoms with Crippen molar-refractivity contribution in [2.24, 2.45) is 11.8 Å². The number of fused-ring (bicyclic) bond motifs is 1. The topological polar surface area (TPSA) is 32.3 Å². The lowest BCUT2D eigenvalue weighted by molar-refractivity contribution is 0.108. The van der Waals surface area contributed by atoms with E-state index in [1.807, 2.05) is 23.1 Å². The summed E-state index contributed by atoms with van der Waals surface area (Å²) >= 11 is 5.94.